The van der Waals surface area contributed by atoms with Crippen molar-refractivity contribution in [2.24, 2.45) is 0 Å². The molecule has 0 bridgehead atoms. The Morgan fingerprint density at radius 1 is 0.941 bits per heavy atom. The van der Waals surface area contributed by atoms with Crippen molar-refractivity contribution in [2.75, 3.05) is 23.3 Å². The molecule has 0 amide bonds. The van der Waals surface area contributed by atoms with Gasteiger partial charge < -0.3 is 19.8 Å². The summed E-state index contributed by atoms with van der Waals surface area (Å²) in [4.78, 5) is 19.5. The number of fused-ring (bicyclic) bond motifs is 2. The van der Waals surface area contributed by atoms with E-state index in [0.29, 0.717) is 52.2 Å². The van der Waals surface area contributed by atoms with E-state index in [-0.39, 0.29) is 17.0 Å². The predicted molar refractivity (Wildman–Crippen MR) is 129 cm³/mol. The number of sulfonamides is 1. The highest BCUT2D eigenvalue weighted by Crippen LogP contribution is 2.32. The lowest BCUT2D eigenvalue weighted by molar-refractivity contribution is 0.171. The Hall–Kier alpha value is -3.76. The first-order valence-corrected chi connectivity index (χ1v) is 12.2. The largest absolute Gasteiger partial charge is 0.486 e. The van der Waals surface area contributed by atoms with Crippen molar-refractivity contribution >= 4 is 43.9 Å². The van der Waals surface area contributed by atoms with E-state index >= 15 is 0 Å². The molecule has 174 valence electrons. The average Bonchev–Trinajstić information content (AvgIpc) is 2.83. The summed E-state index contributed by atoms with van der Waals surface area (Å²) in [6, 6.07) is 16.2. The third-order valence-electron chi connectivity index (χ3n) is 5.14. The van der Waals surface area contributed by atoms with Gasteiger partial charge in [0.2, 0.25) is 0 Å². The number of ether oxygens (including phenoxy) is 2. The van der Waals surface area contributed by atoms with Crippen LogP contribution in [0.15, 0.2) is 70.4 Å². The number of nitrogens with one attached hydrogen (secondary N) is 3. The van der Waals surface area contributed by atoms with E-state index in [1.807, 2.05) is 0 Å². The summed E-state index contributed by atoms with van der Waals surface area (Å²) >= 11 is 5.94. The molecule has 3 aromatic carbocycles. The van der Waals surface area contributed by atoms with Crippen LogP contribution in [0.5, 0.6) is 11.5 Å². The lowest BCUT2D eigenvalue weighted by Crippen LogP contribution is -2.17. The summed E-state index contributed by atoms with van der Waals surface area (Å²) in [6.45, 7) is 1.07. The van der Waals surface area contributed by atoms with Crippen molar-refractivity contribution in [3.63, 3.8) is 0 Å². The second-order valence-electron chi connectivity index (χ2n) is 7.52. The number of nitrogens with zero attached hydrogens (tertiary/aromatic N) is 1. The first-order valence-electron chi connectivity index (χ1n) is 10.3. The Balaban J connectivity index is 1.26. The molecule has 0 saturated carbocycles. The second kappa shape index (κ2) is 8.88. The van der Waals surface area contributed by atoms with Gasteiger partial charge in [-0.2, -0.15) is 0 Å². The number of hydrogen-bond donors (Lipinski definition) is 3. The molecule has 4 aromatic rings. The van der Waals surface area contributed by atoms with Crippen LogP contribution in [0.3, 0.4) is 0 Å². The van der Waals surface area contributed by atoms with Crippen LogP contribution >= 0.6 is 11.6 Å². The SMILES string of the molecule is O=c1[nH]c(CNc2ccc(NS(=O)(=O)c3ccc4c(c3)OCCO4)cc2)nc2ccc(Cl)cc12. The molecule has 3 N–H and O–H groups in total. The fraction of sp³-hybridized carbons (Fsp3) is 0.130. The van der Waals surface area contributed by atoms with Gasteiger partial charge in [-0.25, -0.2) is 13.4 Å². The zero-order valence-electron chi connectivity index (χ0n) is 17.7. The number of benzene rings is 3. The van der Waals surface area contributed by atoms with Crippen LogP contribution in [0, 0.1) is 0 Å². The number of aromatic amines is 1. The molecule has 9 nitrogen and oxygen atoms in total. The van der Waals surface area contributed by atoms with Crippen molar-refractivity contribution < 1.29 is 17.9 Å². The number of halogens is 1. The van der Waals surface area contributed by atoms with Gasteiger partial charge in [0.15, 0.2) is 11.5 Å². The lowest BCUT2D eigenvalue weighted by atomic mass is 10.2. The fourth-order valence-electron chi connectivity index (χ4n) is 3.49. The van der Waals surface area contributed by atoms with Gasteiger partial charge in [-0.1, -0.05) is 11.6 Å². The lowest BCUT2D eigenvalue weighted by Gasteiger charge is -2.19. The first kappa shape index (κ1) is 22.1. The molecule has 0 atom stereocenters. The average molecular weight is 499 g/mol. The Morgan fingerprint density at radius 2 is 1.68 bits per heavy atom. The zero-order chi connectivity index (χ0) is 23.7. The van der Waals surface area contributed by atoms with Crippen LogP contribution < -0.4 is 25.1 Å². The monoisotopic (exact) mass is 498 g/mol. The minimum Gasteiger partial charge on any atom is -0.486 e. The van der Waals surface area contributed by atoms with Gasteiger partial charge in [-0.05, 0) is 54.6 Å². The summed E-state index contributed by atoms with van der Waals surface area (Å²) in [5, 5.41) is 4.04. The minimum absolute atomic E-state index is 0.0755. The minimum atomic E-state index is -3.81. The maximum atomic E-state index is 12.8. The molecule has 1 aromatic heterocycles. The molecule has 0 saturated heterocycles. The van der Waals surface area contributed by atoms with Crippen LogP contribution in [0.2, 0.25) is 5.02 Å². The van der Waals surface area contributed by atoms with Crippen molar-refractivity contribution in [2.45, 2.75) is 11.4 Å². The maximum absolute atomic E-state index is 12.8. The standard InChI is InChI=1S/C23H19ClN4O5S/c24-14-1-7-19-18(11-14)23(29)27-22(26-19)13-25-15-2-4-16(5-3-15)28-34(30,31)17-6-8-20-21(12-17)33-10-9-32-20/h1-8,11-12,25,28H,9-10,13H2,(H,26,27,29). The third-order valence-corrected chi connectivity index (χ3v) is 6.75. The Labute approximate surface area is 199 Å². The molecule has 5 rings (SSSR count). The molecule has 34 heavy (non-hydrogen) atoms. The van der Waals surface area contributed by atoms with Crippen molar-refractivity contribution in [1.29, 1.82) is 0 Å². The first-order chi connectivity index (χ1) is 16.4. The molecule has 11 heteroatoms. The molecule has 0 fully saturated rings. The molecule has 0 unspecified atom stereocenters. The number of rotatable bonds is 6. The maximum Gasteiger partial charge on any atom is 0.262 e. The molecule has 0 spiro atoms. The van der Waals surface area contributed by atoms with Gasteiger partial charge in [0, 0.05) is 22.5 Å². The van der Waals surface area contributed by atoms with E-state index in [2.05, 4.69) is 20.0 Å². The summed E-state index contributed by atoms with van der Waals surface area (Å²) in [5.74, 6) is 1.38. The third kappa shape index (κ3) is 4.63. The Kier molecular flexibility index (Phi) is 5.76. The highest BCUT2D eigenvalue weighted by atomic mass is 35.5. The Morgan fingerprint density at radius 3 is 2.47 bits per heavy atom. The second-order valence-corrected chi connectivity index (χ2v) is 9.63. The predicted octanol–water partition coefficient (Wildman–Crippen LogP) is 3.76. The van der Waals surface area contributed by atoms with Gasteiger partial charge in [-0.3, -0.25) is 9.52 Å². The van der Waals surface area contributed by atoms with E-state index in [1.54, 1.807) is 48.5 Å². The zero-order valence-corrected chi connectivity index (χ0v) is 19.2. The van der Waals surface area contributed by atoms with E-state index in [1.165, 1.54) is 12.1 Å². The quantitative estimate of drug-likeness (QED) is 0.370. The van der Waals surface area contributed by atoms with E-state index in [0.717, 1.165) is 5.69 Å². The van der Waals surface area contributed by atoms with Crippen LogP contribution in [-0.2, 0) is 16.6 Å². The molecular formula is C23H19ClN4O5S. The number of aromatic nitrogens is 2. The van der Waals surface area contributed by atoms with Crippen molar-refractivity contribution in [3.05, 3.63) is 81.9 Å². The number of anilines is 2. The normalized spacial score (nSPS) is 13.0. The van der Waals surface area contributed by atoms with Crippen molar-refractivity contribution in [1.82, 2.24) is 9.97 Å². The molecule has 1 aliphatic rings. The van der Waals surface area contributed by atoms with E-state index < -0.39 is 10.0 Å². The highest BCUT2D eigenvalue weighted by molar-refractivity contribution is 7.92. The van der Waals surface area contributed by atoms with Crippen LogP contribution in [0.25, 0.3) is 10.9 Å². The van der Waals surface area contributed by atoms with Gasteiger partial charge >= 0.3 is 0 Å². The fourth-order valence-corrected chi connectivity index (χ4v) is 4.74. The van der Waals surface area contributed by atoms with Gasteiger partial charge in [0.25, 0.3) is 15.6 Å². The number of hydrogen-bond acceptors (Lipinski definition) is 7. The van der Waals surface area contributed by atoms with E-state index in [4.69, 9.17) is 21.1 Å². The topological polar surface area (TPSA) is 122 Å². The molecule has 0 aliphatic carbocycles. The van der Waals surface area contributed by atoms with Gasteiger partial charge in [0.05, 0.1) is 22.3 Å². The smallest absolute Gasteiger partial charge is 0.262 e. The summed E-state index contributed by atoms with van der Waals surface area (Å²) < 4.78 is 39.0. The van der Waals surface area contributed by atoms with Gasteiger partial charge in [0.1, 0.15) is 19.0 Å². The summed E-state index contributed by atoms with van der Waals surface area (Å²) in [6.07, 6.45) is 0. The Bertz CT molecular complexity index is 1540. The molecular weight excluding hydrogens is 480 g/mol. The molecule has 0 radical (unpaired) electrons. The van der Waals surface area contributed by atoms with Crippen LogP contribution in [-0.4, -0.2) is 31.6 Å². The summed E-state index contributed by atoms with van der Waals surface area (Å²) in [5.41, 5.74) is 1.40. The van der Waals surface area contributed by atoms with Crippen LogP contribution in [0.1, 0.15) is 5.82 Å². The van der Waals surface area contributed by atoms with Crippen molar-refractivity contribution in [3.8, 4) is 11.5 Å². The molecule has 2 heterocycles. The molecule has 1 aliphatic heterocycles. The summed E-state index contributed by atoms with van der Waals surface area (Å²) in [7, 11) is -3.81. The van der Waals surface area contributed by atoms with Gasteiger partial charge in [-0.15, -0.1) is 0 Å². The van der Waals surface area contributed by atoms with E-state index in [9.17, 15) is 13.2 Å². The highest BCUT2D eigenvalue weighted by Gasteiger charge is 2.19. The number of H-pyrrole nitrogens is 1. The van der Waals surface area contributed by atoms with Crippen LogP contribution in [0.4, 0.5) is 11.4 Å².